The predicted molar refractivity (Wildman–Crippen MR) is 12.7 cm³/mol. The SMILES string of the molecule is N#CC(O)F. The van der Waals surface area contributed by atoms with Gasteiger partial charge in [0.05, 0.1) is 0 Å². The van der Waals surface area contributed by atoms with E-state index in [-0.39, 0.29) is 0 Å². The standard InChI is InChI=1S/C2H2FNO/c3-2(5)1-4/h2,5H. The Hall–Kier alpha value is -0.620. The summed E-state index contributed by atoms with van der Waals surface area (Å²) in [4.78, 5) is 0. The van der Waals surface area contributed by atoms with Gasteiger partial charge in [-0.25, -0.2) is 0 Å². The Bertz CT molecular complexity index is 55.2. The van der Waals surface area contributed by atoms with E-state index in [1.54, 1.807) is 0 Å². The molecule has 2 nitrogen and oxygen atoms in total. The van der Waals surface area contributed by atoms with Crippen molar-refractivity contribution < 1.29 is 9.50 Å². The van der Waals surface area contributed by atoms with Gasteiger partial charge in [-0.3, -0.25) is 0 Å². The molecule has 0 amide bonds. The van der Waals surface area contributed by atoms with Gasteiger partial charge < -0.3 is 5.11 Å². The Labute approximate surface area is 28.5 Å². The molecule has 0 spiro atoms. The summed E-state index contributed by atoms with van der Waals surface area (Å²) in [5.74, 6) is 0. The normalized spacial score (nSPS) is 13.0. The third kappa shape index (κ3) is 3.38. The maximum absolute atomic E-state index is 10.6. The number of hydrogen-bond acceptors (Lipinski definition) is 2. The van der Waals surface area contributed by atoms with Gasteiger partial charge >= 0.3 is 0 Å². The molecular formula is C2H2FNO. The van der Waals surface area contributed by atoms with Crippen molar-refractivity contribution >= 4 is 0 Å². The van der Waals surface area contributed by atoms with Gasteiger partial charge in [-0.1, -0.05) is 0 Å². The highest BCUT2D eigenvalue weighted by atomic mass is 19.1. The zero-order chi connectivity index (χ0) is 4.28. The first kappa shape index (κ1) is 4.38. The lowest BCUT2D eigenvalue weighted by molar-refractivity contribution is 0.0955. The zero-order valence-corrected chi connectivity index (χ0v) is 2.35. The van der Waals surface area contributed by atoms with E-state index in [2.05, 4.69) is 0 Å². The molecule has 28 valence electrons. The largest absolute Gasteiger partial charge is 0.353 e. The van der Waals surface area contributed by atoms with Crippen LogP contribution in [0.1, 0.15) is 0 Å². The highest BCUT2D eigenvalue weighted by Gasteiger charge is 1.86. The van der Waals surface area contributed by atoms with Crippen molar-refractivity contribution in [2.75, 3.05) is 0 Å². The maximum Gasteiger partial charge on any atom is 0.284 e. The quantitative estimate of drug-likeness (QED) is 0.405. The summed E-state index contributed by atoms with van der Waals surface area (Å²) in [7, 11) is 0. The molecule has 0 aromatic rings. The molecule has 0 aromatic heterocycles. The third-order valence-electron chi connectivity index (χ3n) is 0.107. The molecule has 1 unspecified atom stereocenters. The summed E-state index contributed by atoms with van der Waals surface area (Å²) in [6.07, 6.45) is -2.31. The molecule has 0 aromatic carbocycles. The molecule has 0 aliphatic heterocycles. The number of alkyl halides is 1. The van der Waals surface area contributed by atoms with Gasteiger partial charge in [0.2, 0.25) is 0 Å². The average molecular weight is 75.0 g/mol. The Morgan fingerprint density at radius 1 is 2.00 bits per heavy atom. The van der Waals surface area contributed by atoms with Gasteiger partial charge in [-0.05, 0) is 0 Å². The first-order valence-corrected chi connectivity index (χ1v) is 0.989. The minimum absolute atomic E-state index is 0.917. The number of nitrogens with zero attached hydrogens (tertiary/aromatic N) is 1. The molecule has 0 aliphatic carbocycles. The van der Waals surface area contributed by atoms with E-state index >= 15 is 0 Å². The highest BCUT2D eigenvalue weighted by molar-refractivity contribution is 4.70. The molecular weight excluding hydrogens is 73.0 g/mol. The number of aliphatic hydroxyl groups is 1. The van der Waals surface area contributed by atoms with Crippen LogP contribution in [0.15, 0.2) is 0 Å². The second-order valence-electron chi connectivity index (χ2n) is 0.465. The summed E-state index contributed by atoms with van der Waals surface area (Å²) < 4.78 is 10.6. The van der Waals surface area contributed by atoms with E-state index in [0.29, 0.717) is 0 Å². The van der Waals surface area contributed by atoms with Crippen LogP contribution in [0.3, 0.4) is 0 Å². The van der Waals surface area contributed by atoms with Crippen LogP contribution >= 0.6 is 0 Å². The molecule has 3 heteroatoms. The van der Waals surface area contributed by atoms with Crippen molar-refractivity contribution in [1.82, 2.24) is 0 Å². The Morgan fingerprint density at radius 3 is 2.20 bits per heavy atom. The van der Waals surface area contributed by atoms with E-state index in [9.17, 15) is 4.39 Å². The van der Waals surface area contributed by atoms with Gasteiger partial charge in [0.15, 0.2) is 0 Å². The van der Waals surface area contributed by atoms with E-state index in [0.717, 1.165) is 6.07 Å². The zero-order valence-electron chi connectivity index (χ0n) is 2.35. The first-order chi connectivity index (χ1) is 2.27. The second kappa shape index (κ2) is 1.68. The number of nitriles is 1. The molecule has 1 N–H and O–H groups in total. The van der Waals surface area contributed by atoms with Crippen molar-refractivity contribution in [1.29, 1.82) is 5.26 Å². The van der Waals surface area contributed by atoms with Crippen LogP contribution in [0.25, 0.3) is 0 Å². The van der Waals surface area contributed by atoms with Crippen LogP contribution in [0.5, 0.6) is 0 Å². The van der Waals surface area contributed by atoms with Gasteiger partial charge in [-0.2, -0.15) is 9.65 Å². The Kier molecular flexibility index (Phi) is 1.47. The minimum atomic E-state index is -2.31. The lowest BCUT2D eigenvalue weighted by Crippen LogP contribution is -1.87. The van der Waals surface area contributed by atoms with Crippen LogP contribution in [-0.4, -0.2) is 11.5 Å². The van der Waals surface area contributed by atoms with Crippen molar-refractivity contribution in [2.24, 2.45) is 0 Å². The van der Waals surface area contributed by atoms with Gasteiger partial charge in [0.25, 0.3) is 6.36 Å². The minimum Gasteiger partial charge on any atom is -0.353 e. The Balaban J connectivity index is 2.94. The van der Waals surface area contributed by atoms with E-state index in [1.165, 1.54) is 0 Å². The predicted octanol–water partition coefficient (Wildman–Crippen LogP) is -0.202. The summed E-state index contributed by atoms with van der Waals surface area (Å²) in [6, 6.07) is 0.917. The lowest BCUT2D eigenvalue weighted by atomic mass is 10.8. The van der Waals surface area contributed by atoms with Crippen molar-refractivity contribution in [2.45, 2.75) is 6.36 Å². The molecule has 0 rings (SSSR count). The fourth-order valence-electron chi connectivity index (χ4n) is 0. The number of hydrogen-bond donors (Lipinski definition) is 1. The molecule has 5 heavy (non-hydrogen) atoms. The van der Waals surface area contributed by atoms with Crippen molar-refractivity contribution in [3.8, 4) is 6.07 Å². The molecule has 1 atom stereocenters. The fraction of sp³-hybridized carbons (Fsp3) is 0.500. The molecule has 0 saturated carbocycles. The summed E-state index contributed by atoms with van der Waals surface area (Å²) >= 11 is 0. The number of aliphatic hydroxyl groups excluding tert-OH is 1. The van der Waals surface area contributed by atoms with Crippen LogP contribution in [-0.2, 0) is 0 Å². The van der Waals surface area contributed by atoms with Crippen LogP contribution in [0.4, 0.5) is 4.39 Å². The molecule has 0 radical (unpaired) electrons. The lowest BCUT2D eigenvalue weighted by Gasteiger charge is -1.72. The fourth-order valence-corrected chi connectivity index (χ4v) is 0. The third-order valence-corrected chi connectivity index (χ3v) is 0.107. The molecule has 0 heterocycles. The molecule has 0 saturated heterocycles. The molecule has 0 bridgehead atoms. The van der Waals surface area contributed by atoms with E-state index < -0.39 is 6.36 Å². The van der Waals surface area contributed by atoms with E-state index in [4.69, 9.17) is 10.4 Å². The topological polar surface area (TPSA) is 44.0 Å². The average Bonchev–Trinajstić information content (AvgIpc) is 1.38. The van der Waals surface area contributed by atoms with Gasteiger partial charge in [0.1, 0.15) is 6.07 Å². The number of halogens is 1. The van der Waals surface area contributed by atoms with Crippen LogP contribution < -0.4 is 0 Å². The molecule has 0 fully saturated rings. The summed E-state index contributed by atoms with van der Waals surface area (Å²) in [6.45, 7) is 0. The van der Waals surface area contributed by atoms with Crippen molar-refractivity contribution in [3.05, 3.63) is 0 Å². The van der Waals surface area contributed by atoms with Crippen LogP contribution in [0.2, 0.25) is 0 Å². The summed E-state index contributed by atoms with van der Waals surface area (Å²) in [5, 5.41) is 14.6. The first-order valence-electron chi connectivity index (χ1n) is 0.989. The van der Waals surface area contributed by atoms with E-state index in [1.807, 2.05) is 0 Å². The monoisotopic (exact) mass is 75.0 g/mol. The van der Waals surface area contributed by atoms with Crippen molar-refractivity contribution in [3.63, 3.8) is 0 Å². The van der Waals surface area contributed by atoms with Gasteiger partial charge in [0, 0.05) is 0 Å². The van der Waals surface area contributed by atoms with Crippen LogP contribution in [0, 0.1) is 11.3 Å². The maximum atomic E-state index is 10.6. The highest BCUT2D eigenvalue weighted by Crippen LogP contribution is 1.72. The Morgan fingerprint density at radius 2 is 2.20 bits per heavy atom. The molecule has 0 aliphatic rings. The second-order valence-corrected chi connectivity index (χ2v) is 0.465. The summed E-state index contributed by atoms with van der Waals surface area (Å²) in [5.41, 5.74) is 0. The smallest absolute Gasteiger partial charge is 0.284 e. The number of rotatable bonds is 0. The van der Waals surface area contributed by atoms with Gasteiger partial charge in [-0.15, -0.1) is 0 Å².